The average Bonchev–Trinajstić information content (AvgIpc) is 3.62. The summed E-state index contributed by atoms with van der Waals surface area (Å²) < 4.78 is 10.2. The summed E-state index contributed by atoms with van der Waals surface area (Å²) in [5, 5.41) is 3.86. The number of ether oxygens (including phenoxy) is 2. The van der Waals surface area contributed by atoms with E-state index in [9.17, 15) is 9.59 Å². The topological polar surface area (TPSA) is 83.7 Å². The standard InChI is InChI=1S/C20H18N2O.C7H6O2.C5H11NO/c23-20(11-10-15-6-2-1-3-7-15)22-13-12-17-16-8-4-5-9-18(16)21-19(17)14-22;1-2-4-7-6(3-1)8-5-9-7;1-2-3-4-6-5-7/h1-11,21H,12-14H2;1-4H,5H2;5H,2-4H2,1H3,(H,6,7)/b11-10+;;. The molecular formula is C32H35N3O4. The van der Waals surface area contributed by atoms with Gasteiger partial charge in [0.15, 0.2) is 11.5 Å². The number of carbonyl (C=O) groups excluding carboxylic acids is 2. The third kappa shape index (κ3) is 7.74. The van der Waals surface area contributed by atoms with Crippen molar-refractivity contribution in [2.24, 2.45) is 0 Å². The molecule has 3 heterocycles. The van der Waals surface area contributed by atoms with Gasteiger partial charge in [-0.15, -0.1) is 0 Å². The molecule has 202 valence electrons. The lowest BCUT2D eigenvalue weighted by Crippen LogP contribution is -2.34. The van der Waals surface area contributed by atoms with Gasteiger partial charge in [0.25, 0.3) is 0 Å². The van der Waals surface area contributed by atoms with Crippen LogP contribution >= 0.6 is 0 Å². The molecule has 6 rings (SSSR count). The molecule has 1 aromatic heterocycles. The molecule has 3 aromatic carbocycles. The first-order chi connectivity index (χ1) is 19.2. The highest BCUT2D eigenvalue weighted by atomic mass is 16.7. The summed E-state index contributed by atoms with van der Waals surface area (Å²) in [6, 6.07) is 25.9. The number of H-pyrrole nitrogens is 1. The number of aromatic nitrogens is 1. The highest BCUT2D eigenvalue weighted by Crippen LogP contribution is 2.30. The van der Waals surface area contributed by atoms with Gasteiger partial charge in [-0.1, -0.05) is 74.0 Å². The van der Waals surface area contributed by atoms with Crippen molar-refractivity contribution in [2.45, 2.75) is 32.7 Å². The van der Waals surface area contributed by atoms with Gasteiger partial charge >= 0.3 is 0 Å². The van der Waals surface area contributed by atoms with E-state index in [1.54, 1.807) is 6.08 Å². The van der Waals surface area contributed by atoms with Gasteiger partial charge in [-0.2, -0.15) is 0 Å². The van der Waals surface area contributed by atoms with E-state index in [0.717, 1.165) is 61.3 Å². The van der Waals surface area contributed by atoms with E-state index in [1.807, 2.05) is 71.6 Å². The summed E-state index contributed by atoms with van der Waals surface area (Å²) in [7, 11) is 0. The van der Waals surface area contributed by atoms with E-state index < -0.39 is 0 Å². The Labute approximate surface area is 229 Å². The summed E-state index contributed by atoms with van der Waals surface area (Å²) in [6.07, 6.45) is 7.41. The molecule has 0 aliphatic carbocycles. The molecule has 0 unspecified atom stereocenters. The predicted molar refractivity (Wildman–Crippen MR) is 154 cm³/mol. The molecule has 0 radical (unpaired) electrons. The van der Waals surface area contributed by atoms with Gasteiger partial charge in [-0.05, 0) is 48.2 Å². The van der Waals surface area contributed by atoms with Gasteiger partial charge in [0.1, 0.15) is 0 Å². The third-order valence-corrected chi connectivity index (χ3v) is 6.45. The monoisotopic (exact) mass is 525 g/mol. The lowest BCUT2D eigenvalue weighted by Gasteiger charge is -2.26. The van der Waals surface area contributed by atoms with Crippen LogP contribution in [-0.2, 0) is 22.6 Å². The van der Waals surface area contributed by atoms with Crippen molar-refractivity contribution in [2.75, 3.05) is 19.9 Å². The van der Waals surface area contributed by atoms with Crippen LogP contribution in [0.1, 0.15) is 36.6 Å². The molecule has 4 aromatic rings. The van der Waals surface area contributed by atoms with Gasteiger partial charge in [-0.3, -0.25) is 9.59 Å². The fraction of sp³-hybridized carbons (Fsp3) is 0.250. The van der Waals surface area contributed by atoms with Crippen molar-refractivity contribution in [1.82, 2.24) is 15.2 Å². The first-order valence-corrected chi connectivity index (χ1v) is 13.3. The molecule has 2 aliphatic rings. The number of amides is 2. The van der Waals surface area contributed by atoms with Crippen LogP contribution in [0.3, 0.4) is 0 Å². The molecule has 2 N–H and O–H groups in total. The van der Waals surface area contributed by atoms with E-state index in [1.165, 1.54) is 16.6 Å². The molecule has 2 aliphatic heterocycles. The van der Waals surface area contributed by atoms with Gasteiger partial charge in [0.2, 0.25) is 19.1 Å². The number of para-hydroxylation sites is 3. The highest BCUT2D eigenvalue weighted by molar-refractivity contribution is 5.92. The molecule has 0 spiro atoms. The molecule has 39 heavy (non-hydrogen) atoms. The summed E-state index contributed by atoms with van der Waals surface area (Å²) >= 11 is 0. The largest absolute Gasteiger partial charge is 0.454 e. The third-order valence-electron chi connectivity index (χ3n) is 6.45. The molecule has 0 fully saturated rings. The molecule has 2 amide bonds. The lowest BCUT2D eigenvalue weighted by molar-refractivity contribution is -0.126. The number of nitrogens with zero attached hydrogens (tertiary/aromatic N) is 1. The molecule has 0 atom stereocenters. The minimum Gasteiger partial charge on any atom is -0.454 e. The Morgan fingerprint density at radius 3 is 2.38 bits per heavy atom. The maximum Gasteiger partial charge on any atom is 0.246 e. The van der Waals surface area contributed by atoms with Crippen LogP contribution in [0.4, 0.5) is 0 Å². The van der Waals surface area contributed by atoms with Crippen LogP contribution in [0.15, 0.2) is 84.9 Å². The number of aromatic amines is 1. The Morgan fingerprint density at radius 1 is 0.974 bits per heavy atom. The van der Waals surface area contributed by atoms with Crippen molar-refractivity contribution in [3.05, 3.63) is 102 Å². The Hall–Kier alpha value is -4.52. The Kier molecular flexibility index (Phi) is 10.2. The van der Waals surface area contributed by atoms with Crippen LogP contribution in [0, 0.1) is 0 Å². The van der Waals surface area contributed by atoms with E-state index >= 15 is 0 Å². The lowest BCUT2D eigenvalue weighted by atomic mass is 10.0. The zero-order valence-corrected chi connectivity index (χ0v) is 22.3. The first kappa shape index (κ1) is 27.5. The van der Waals surface area contributed by atoms with Crippen LogP contribution in [0.25, 0.3) is 17.0 Å². The number of benzene rings is 3. The Balaban J connectivity index is 0.000000180. The quantitative estimate of drug-likeness (QED) is 0.192. The van der Waals surface area contributed by atoms with E-state index in [2.05, 4.69) is 35.4 Å². The predicted octanol–water partition coefficient (Wildman–Crippen LogP) is 5.71. The average molecular weight is 526 g/mol. The zero-order chi connectivity index (χ0) is 27.3. The van der Waals surface area contributed by atoms with Crippen molar-refractivity contribution in [3.8, 4) is 11.5 Å². The second-order valence-electron chi connectivity index (χ2n) is 9.16. The summed E-state index contributed by atoms with van der Waals surface area (Å²) in [5.41, 5.74) is 4.73. The number of unbranched alkanes of at least 4 members (excludes halogenated alkanes) is 1. The number of fused-ring (bicyclic) bond motifs is 4. The van der Waals surface area contributed by atoms with Gasteiger partial charge in [0, 0.05) is 35.8 Å². The van der Waals surface area contributed by atoms with Crippen molar-refractivity contribution >= 4 is 29.3 Å². The molecular weight excluding hydrogens is 490 g/mol. The second kappa shape index (κ2) is 14.4. The van der Waals surface area contributed by atoms with E-state index in [4.69, 9.17) is 9.47 Å². The molecule has 0 bridgehead atoms. The fourth-order valence-corrected chi connectivity index (χ4v) is 4.40. The van der Waals surface area contributed by atoms with Crippen LogP contribution in [0.2, 0.25) is 0 Å². The maximum atomic E-state index is 12.4. The normalized spacial score (nSPS) is 13.1. The van der Waals surface area contributed by atoms with Gasteiger partial charge < -0.3 is 24.7 Å². The van der Waals surface area contributed by atoms with Gasteiger partial charge in [0.05, 0.1) is 6.54 Å². The van der Waals surface area contributed by atoms with Crippen LogP contribution in [0.5, 0.6) is 11.5 Å². The second-order valence-corrected chi connectivity index (χ2v) is 9.16. The highest BCUT2D eigenvalue weighted by Gasteiger charge is 2.22. The number of nitrogens with one attached hydrogen (secondary N) is 2. The van der Waals surface area contributed by atoms with E-state index in [-0.39, 0.29) is 5.91 Å². The van der Waals surface area contributed by atoms with Crippen molar-refractivity contribution < 1.29 is 19.1 Å². The fourth-order valence-electron chi connectivity index (χ4n) is 4.40. The number of hydrogen-bond acceptors (Lipinski definition) is 4. The molecule has 0 saturated carbocycles. The maximum absolute atomic E-state index is 12.4. The molecule has 7 heteroatoms. The van der Waals surface area contributed by atoms with Crippen LogP contribution < -0.4 is 14.8 Å². The van der Waals surface area contributed by atoms with Crippen molar-refractivity contribution in [3.63, 3.8) is 0 Å². The SMILES string of the molecule is CCCCNC=O.O=C(/C=C/c1ccccc1)N1CCc2c([nH]c3ccccc23)C1.c1ccc2c(c1)OCO2. The summed E-state index contributed by atoms with van der Waals surface area (Å²) in [5.74, 6) is 1.76. The van der Waals surface area contributed by atoms with Crippen LogP contribution in [-0.4, -0.2) is 42.1 Å². The van der Waals surface area contributed by atoms with Crippen molar-refractivity contribution in [1.29, 1.82) is 0 Å². The number of hydrogen-bond donors (Lipinski definition) is 2. The smallest absolute Gasteiger partial charge is 0.246 e. The number of rotatable bonds is 6. The Bertz CT molecular complexity index is 1360. The van der Waals surface area contributed by atoms with Gasteiger partial charge in [-0.25, -0.2) is 0 Å². The minimum absolute atomic E-state index is 0.0677. The molecule has 0 saturated heterocycles. The number of carbonyl (C=O) groups is 2. The summed E-state index contributed by atoms with van der Waals surface area (Å²) in [4.78, 5) is 27.3. The molecule has 7 nitrogen and oxygen atoms in total. The minimum atomic E-state index is 0.0677. The van der Waals surface area contributed by atoms with E-state index in [0.29, 0.717) is 13.3 Å². The zero-order valence-electron chi connectivity index (χ0n) is 22.3. The first-order valence-electron chi connectivity index (χ1n) is 13.3. The summed E-state index contributed by atoms with van der Waals surface area (Å²) in [6.45, 7) is 4.70. The Morgan fingerprint density at radius 2 is 1.67 bits per heavy atom.